The van der Waals surface area contributed by atoms with E-state index in [1.165, 1.54) is 7.11 Å². The maximum atomic E-state index is 12.4. The van der Waals surface area contributed by atoms with Crippen molar-refractivity contribution >= 4 is 21.6 Å². The van der Waals surface area contributed by atoms with Gasteiger partial charge >= 0.3 is 0 Å². The lowest BCUT2D eigenvalue weighted by Crippen LogP contribution is -2.40. The number of para-hydroxylation sites is 1. The Morgan fingerprint density at radius 1 is 1.13 bits per heavy atom. The van der Waals surface area contributed by atoms with Crippen LogP contribution in [0.1, 0.15) is 5.89 Å². The van der Waals surface area contributed by atoms with Gasteiger partial charge in [-0.15, -0.1) is 0 Å². The molecule has 2 aromatic carbocycles. The highest BCUT2D eigenvalue weighted by Crippen LogP contribution is 2.31. The van der Waals surface area contributed by atoms with Crippen LogP contribution in [0, 0.1) is 0 Å². The van der Waals surface area contributed by atoms with Crippen LogP contribution in [0.2, 0.25) is 0 Å². The van der Waals surface area contributed by atoms with E-state index < -0.39 is 15.9 Å². The summed E-state index contributed by atoms with van der Waals surface area (Å²) in [6, 6.07) is 13.5. The van der Waals surface area contributed by atoms with Crippen LogP contribution >= 0.6 is 0 Å². The molecule has 0 saturated carbocycles. The van der Waals surface area contributed by atoms with Gasteiger partial charge in [0, 0.05) is 6.07 Å². The third-order valence-electron chi connectivity index (χ3n) is 4.29. The minimum Gasteiger partial charge on any atom is -0.497 e. The molecule has 0 unspecified atom stereocenters. The molecule has 0 saturated heterocycles. The highest BCUT2D eigenvalue weighted by molar-refractivity contribution is 7.92. The lowest BCUT2D eigenvalue weighted by Gasteiger charge is -2.21. The first-order valence-corrected chi connectivity index (χ1v) is 11.0. The summed E-state index contributed by atoms with van der Waals surface area (Å²) in [7, 11) is -0.583. The van der Waals surface area contributed by atoms with E-state index in [1.54, 1.807) is 55.6 Å². The molecule has 0 aliphatic carbocycles. The summed E-state index contributed by atoms with van der Waals surface area (Å²) in [6.07, 6.45) is 1.04. The lowest BCUT2D eigenvalue weighted by atomic mass is 10.2. The van der Waals surface area contributed by atoms with E-state index in [4.69, 9.17) is 14.0 Å². The molecule has 0 atom stereocenters. The molecule has 10 nitrogen and oxygen atoms in total. The molecule has 0 bridgehead atoms. The van der Waals surface area contributed by atoms with Gasteiger partial charge in [-0.2, -0.15) is 4.98 Å². The molecule has 0 aliphatic heterocycles. The number of sulfonamides is 1. The predicted molar refractivity (Wildman–Crippen MR) is 113 cm³/mol. The van der Waals surface area contributed by atoms with Crippen molar-refractivity contribution in [2.45, 2.75) is 6.54 Å². The topological polar surface area (TPSA) is 124 Å². The Kier molecular flexibility index (Phi) is 6.75. The molecule has 1 heterocycles. The second kappa shape index (κ2) is 9.47. The van der Waals surface area contributed by atoms with Crippen LogP contribution in [0.4, 0.5) is 5.69 Å². The molecule has 11 heteroatoms. The maximum absolute atomic E-state index is 12.4. The number of rotatable bonds is 9. The first kappa shape index (κ1) is 22.1. The molecule has 0 radical (unpaired) electrons. The van der Waals surface area contributed by atoms with Crippen molar-refractivity contribution in [3.8, 4) is 22.9 Å². The summed E-state index contributed by atoms with van der Waals surface area (Å²) in [4.78, 5) is 16.6. The van der Waals surface area contributed by atoms with Crippen molar-refractivity contribution in [1.29, 1.82) is 0 Å². The molecular weight excluding hydrogens is 424 g/mol. The average Bonchev–Trinajstić information content (AvgIpc) is 3.24. The molecule has 1 N–H and O–H groups in total. The number of nitrogens with zero attached hydrogens (tertiary/aromatic N) is 3. The number of carbonyl (C=O) groups is 1. The average molecular weight is 446 g/mol. The van der Waals surface area contributed by atoms with Crippen molar-refractivity contribution in [2.75, 3.05) is 31.3 Å². The third-order valence-corrected chi connectivity index (χ3v) is 5.43. The van der Waals surface area contributed by atoms with Crippen molar-refractivity contribution < 1.29 is 27.2 Å². The van der Waals surface area contributed by atoms with Crippen LogP contribution in [-0.4, -0.2) is 51.5 Å². The Bertz CT molecular complexity index is 1150. The summed E-state index contributed by atoms with van der Waals surface area (Å²) >= 11 is 0. The van der Waals surface area contributed by atoms with Gasteiger partial charge in [-0.05, 0) is 24.3 Å². The summed E-state index contributed by atoms with van der Waals surface area (Å²) in [5.41, 5.74) is 0.990. The first-order chi connectivity index (χ1) is 14.8. The fraction of sp³-hybridized carbons (Fsp3) is 0.250. The standard InChI is InChI=1S/C20H22N4O6S/c1-28-15-9-10-16(17(11-15)29-2)20-22-19(30-23-20)12-21-18(25)13-24(31(3,26)27)14-7-5-4-6-8-14/h4-11H,12-13H2,1-3H3,(H,21,25). The molecule has 164 valence electrons. The van der Waals surface area contributed by atoms with Crippen LogP contribution in [0.25, 0.3) is 11.4 Å². The van der Waals surface area contributed by atoms with Crippen molar-refractivity contribution in [3.63, 3.8) is 0 Å². The van der Waals surface area contributed by atoms with Crippen molar-refractivity contribution in [1.82, 2.24) is 15.5 Å². The highest BCUT2D eigenvalue weighted by atomic mass is 32.2. The van der Waals surface area contributed by atoms with E-state index in [-0.39, 0.29) is 24.8 Å². The fourth-order valence-corrected chi connectivity index (χ4v) is 3.63. The zero-order valence-corrected chi connectivity index (χ0v) is 18.0. The number of carbonyl (C=O) groups excluding carboxylic acids is 1. The summed E-state index contributed by atoms with van der Waals surface area (Å²) in [5, 5.41) is 6.50. The molecule has 31 heavy (non-hydrogen) atoms. The maximum Gasteiger partial charge on any atom is 0.246 e. The van der Waals surface area contributed by atoms with Crippen molar-refractivity contribution in [3.05, 3.63) is 54.4 Å². The third kappa shape index (κ3) is 5.51. The van der Waals surface area contributed by atoms with Gasteiger partial charge in [-0.1, -0.05) is 23.4 Å². The molecule has 1 amide bonds. The summed E-state index contributed by atoms with van der Waals surface area (Å²) in [5.74, 6) is 1.04. The molecule has 3 rings (SSSR count). The zero-order chi connectivity index (χ0) is 22.4. The number of ether oxygens (including phenoxy) is 2. The molecule has 3 aromatic rings. The van der Waals surface area contributed by atoms with Gasteiger partial charge in [0.25, 0.3) is 0 Å². The quantitative estimate of drug-likeness (QED) is 0.528. The Hall–Kier alpha value is -3.60. The van der Waals surface area contributed by atoms with E-state index in [0.717, 1.165) is 10.6 Å². The van der Waals surface area contributed by atoms with E-state index in [0.29, 0.717) is 22.7 Å². The Balaban J connectivity index is 1.67. The normalized spacial score (nSPS) is 11.1. The van der Waals surface area contributed by atoms with E-state index in [2.05, 4.69) is 15.5 Å². The molecule has 0 fully saturated rings. The Morgan fingerprint density at radius 3 is 2.52 bits per heavy atom. The zero-order valence-electron chi connectivity index (χ0n) is 17.2. The smallest absolute Gasteiger partial charge is 0.246 e. The van der Waals surface area contributed by atoms with Crippen molar-refractivity contribution in [2.24, 2.45) is 0 Å². The van der Waals surface area contributed by atoms with Gasteiger partial charge < -0.3 is 19.3 Å². The minimum absolute atomic E-state index is 0.0588. The SMILES string of the molecule is COc1ccc(-c2noc(CNC(=O)CN(c3ccccc3)S(C)(=O)=O)n2)c(OC)c1. The number of methoxy groups -OCH3 is 2. The molecular formula is C20H22N4O6S. The molecule has 1 aromatic heterocycles. The predicted octanol–water partition coefficient (Wildman–Crippen LogP) is 1.84. The number of hydrogen-bond donors (Lipinski definition) is 1. The number of amides is 1. The molecule has 0 aliphatic rings. The molecule has 0 spiro atoms. The first-order valence-electron chi connectivity index (χ1n) is 9.16. The highest BCUT2D eigenvalue weighted by Gasteiger charge is 2.21. The van der Waals surface area contributed by atoms with E-state index in [1.807, 2.05) is 0 Å². The van der Waals surface area contributed by atoms with Gasteiger partial charge in [0.05, 0.1) is 38.3 Å². The van der Waals surface area contributed by atoms with Gasteiger partial charge in [0.2, 0.25) is 27.6 Å². The van der Waals surface area contributed by atoms with Gasteiger partial charge in [0.1, 0.15) is 18.0 Å². The van der Waals surface area contributed by atoms with Crippen LogP contribution in [-0.2, 0) is 21.4 Å². The number of aromatic nitrogens is 2. The summed E-state index contributed by atoms with van der Waals surface area (Å²) in [6.45, 7) is -0.438. The fourth-order valence-electron chi connectivity index (χ4n) is 2.77. The van der Waals surface area contributed by atoms with Gasteiger partial charge in [-0.25, -0.2) is 8.42 Å². The largest absolute Gasteiger partial charge is 0.497 e. The second-order valence-corrected chi connectivity index (χ2v) is 8.37. The number of hydrogen-bond acceptors (Lipinski definition) is 8. The van der Waals surface area contributed by atoms with Gasteiger partial charge in [0.15, 0.2) is 0 Å². The Morgan fingerprint density at radius 2 is 1.87 bits per heavy atom. The minimum atomic E-state index is -3.64. The lowest BCUT2D eigenvalue weighted by molar-refractivity contribution is -0.119. The number of anilines is 1. The van der Waals surface area contributed by atoms with Crippen LogP contribution in [0.15, 0.2) is 53.1 Å². The van der Waals surface area contributed by atoms with E-state index in [9.17, 15) is 13.2 Å². The summed E-state index contributed by atoms with van der Waals surface area (Å²) < 4.78 is 40.9. The number of nitrogens with one attached hydrogen (secondary N) is 1. The van der Waals surface area contributed by atoms with Crippen LogP contribution < -0.4 is 19.1 Å². The monoisotopic (exact) mass is 446 g/mol. The van der Waals surface area contributed by atoms with Gasteiger partial charge in [-0.3, -0.25) is 9.10 Å². The second-order valence-electron chi connectivity index (χ2n) is 6.46. The van der Waals surface area contributed by atoms with Crippen LogP contribution in [0.3, 0.4) is 0 Å². The van der Waals surface area contributed by atoms with Crippen LogP contribution in [0.5, 0.6) is 11.5 Å². The number of benzene rings is 2. The Labute approximate surface area is 179 Å². The van der Waals surface area contributed by atoms with E-state index >= 15 is 0 Å².